The fourth-order valence-electron chi connectivity index (χ4n) is 3.28. The zero-order valence-corrected chi connectivity index (χ0v) is 17.9. The van der Waals surface area contributed by atoms with Gasteiger partial charge in [0.25, 0.3) is 10.1 Å². The molecule has 150 valence electrons. The van der Waals surface area contributed by atoms with Crippen LogP contribution in [0.2, 0.25) is 0 Å². The number of hydrogen-bond acceptors (Lipinski definition) is 6. The van der Waals surface area contributed by atoms with Gasteiger partial charge in [-0.3, -0.25) is 4.18 Å². The van der Waals surface area contributed by atoms with E-state index in [9.17, 15) is 13.5 Å². The van der Waals surface area contributed by atoms with Crippen molar-refractivity contribution in [2.24, 2.45) is 0 Å². The van der Waals surface area contributed by atoms with Crippen LogP contribution < -0.4 is 5.32 Å². The lowest BCUT2D eigenvalue weighted by molar-refractivity contribution is 0.118. The molecule has 3 rings (SSSR count). The summed E-state index contributed by atoms with van der Waals surface area (Å²) in [5, 5.41) is 17.8. The van der Waals surface area contributed by atoms with Crippen molar-refractivity contribution in [1.29, 1.82) is 0 Å². The van der Waals surface area contributed by atoms with Gasteiger partial charge in [-0.1, -0.05) is 48.5 Å². The quantitative estimate of drug-likeness (QED) is 0.330. The van der Waals surface area contributed by atoms with E-state index < -0.39 is 15.7 Å². The van der Waals surface area contributed by atoms with Crippen LogP contribution >= 0.6 is 11.8 Å². The predicted molar refractivity (Wildman–Crippen MR) is 116 cm³/mol. The molecule has 1 unspecified atom stereocenters. The molecule has 3 aromatic rings. The molecule has 2 N–H and O–H groups in total. The van der Waals surface area contributed by atoms with E-state index in [1.807, 2.05) is 24.3 Å². The highest BCUT2D eigenvalue weighted by molar-refractivity contribution is 7.99. The van der Waals surface area contributed by atoms with Crippen molar-refractivity contribution in [2.45, 2.75) is 23.9 Å². The van der Waals surface area contributed by atoms with E-state index in [1.165, 1.54) is 15.7 Å². The fraction of sp³-hybridized carbons (Fsp3) is 0.333. The molecule has 0 amide bonds. The molecule has 0 saturated heterocycles. The zero-order chi connectivity index (χ0) is 20.4. The normalized spacial score (nSPS) is 14.4. The van der Waals surface area contributed by atoms with Crippen LogP contribution in [0.5, 0.6) is 0 Å². The molecule has 28 heavy (non-hydrogen) atoms. The van der Waals surface area contributed by atoms with Crippen LogP contribution in [0.15, 0.2) is 53.4 Å². The standard InChI is InChI=1S/C21H25NO4S2/c1-21(13-23,14-26-28(3,24)25)22-12-19-15-8-4-6-10-17(15)20(27-2)18-11-7-5-9-16(18)19/h4-11,22-23H,12-14H2,1-3H3. The predicted octanol–water partition coefficient (Wildman–Crippen LogP) is 3.53. The van der Waals surface area contributed by atoms with Crippen molar-refractivity contribution in [2.75, 3.05) is 25.7 Å². The fourth-order valence-corrected chi connectivity index (χ4v) is 4.55. The number of hydrogen-bond donors (Lipinski definition) is 2. The summed E-state index contributed by atoms with van der Waals surface area (Å²) in [4.78, 5) is 1.24. The van der Waals surface area contributed by atoms with Crippen molar-refractivity contribution in [3.05, 3.63) is 54.1 Å². The van der Waals surface area contributed by atoms with E-state index in [0.29, 0.717) is 6.54 Å². The van der Waals surface area contributed by atoms with Gasteiger partial charge in [0.15, 0.2) is 0 Å². The van der Waals surface area contributed by atoms with Crippen LogP contribution in [-0.4, -0.2) is 44.8 Å². The lowest BCUT2D eigenvalue weighted by atomic mass is 9.95. The number of thioether (sulfide) groups is 1. The molecule has 0 aliphatic heterocycles. The third-order valence-corrected chi connectivity index (χ3v) is 6.22. The Morgan fingerprint density at radius 3 is 1.96 bits per heavy atom. The van der Waals surface area contributed by atoms with Gasteiger partial charge in [0, 0.05) is 11.4 Å². The van der Waals surface area contributed by atoms with E-state index in [4.69, 9.17) is 4.18 Å². The van der Waals surface area contributed by atoms with Crippen LogP contribution in [0, 0.1) is 0 Å². The van der Waals surface area contributed by atoms with Gasteiger partial charge < -0.3 is 10.4 Å². The lowest BCUT2D eigenvalue weighted by Crippen LogP contribution is -2.49. The summed E-state index contributed by atoms with van der Waals surface area (Å²) in [6.45, 7) is 1.83. The lowest BCUT2D eigenvalue weighted by Gasteiger charge is -2.29. The van der Waals surface area contributed by atoms with Crippen molar-refractivity contribution in [1.82, 2.24) is 5.32 Å². The Morgan fingerprint density at radius 2 is 1.54 bits per heavy atom. The third-order valence-electron chi connectivity index (χ3n) is 4.83. The number of fused-ring (bicyclic) bond motifs is 2. The average Bonchev–Trinajstić information content (AvgIpc) is 2.69. The van der Waals surface area contributed by atoms with Gasteiger partial charge in [0.05, 0.1) is 25.0 Å². The van der Waals surface area contributed by atoms with Crippen molar-refractivity contribution >= 4 is 43.4 Å². The average molecular weight is 420 g/mol. The summed E-state index contributed by atoms with van der Waals surface area (Å²) in [5.41, 5.74) is 0.228. The first kappa shape index (κ1) is 21.1. The van der Waals surface area contributed by atoms with Gasteiger partial charge in [-0.05, 0) is 40.3 Å². The number of nitrogens with one attached hydrogen (secondary N) is 1. The highest BCUT2D eigenvalue weighted by Gasteiger charge is 2.26. The maximum Gasteiger partial charge on any atom is 0.264 e. The van der Waals surface area contributed by atoms with Gasteiger partial charge >= 0.3 is 0 Å². The molecule has 3 aromatic carbocycles. The molecule has 0 spiro atoms. The van der Waals surface area contributed by atoms with Crippen LogP contribution in [0.4, 0.5) is 0 Å². The van der Waals surface area contributed by atoms with Gasteiger partial charge in [0.2, 0.25) is 0 Å². The smallest absolute Gasteiger partial charge is 0.264 e. The molecular formula is C21H25NO4S2. The maximum atomic E-state index is 11.4. The van der Waals surface area contributed by atoms with E-state index in [1.54, 1.807) is 18.7 Å². The van der Waals surface area contributed by atoms with Crippen LogP contribution in [0.1, 0.15) is 12.5 Å². The van der Waals surface area contributed by atoms with Crippen molar-refractivity contribution in [3.8, 4) is 0 Å². The number of aliphatic hydroxyl groups excluding tert-OH is 1. The molecular weight excluding hydrogens is 394 g/mol. The van der Waals surface area contributed by atoms with Gasteiger partial charge in [-0.25, -0.2) is 0 Å². The highest BCUT2D eigenvalue weighted by atomic mass is 32.2. The molecule has 0 saturated carbocycles. The first-order valence-corrected chi connectivity index (χ1v) is 12.0. The first-order chi connectivity index (χ1) is 13.3. The summed E-state index contributed by atoms with van der Waals surface area (Å²) in [7, 11) is -3.58. The largest absolute Gasteiger partial charge is 0.394 e. The van der Waals surface area contributed by atoms with E-state index >= 15 is 0 Å². The maximum absolute atomic E-state index is 11.4. The SMILES string of the molecule is CSc1c2ccccc2c(CNC(C)(CO)COS(C)(=O)=O)c2ccccc12. The Hall–Kier alpha value is -1.64. The Morgan fingerprint density at radius 1 is 1.04 bits per heavy atom. The Bertz CT molecular complexity index is 1040. The number of aliphatic hydroxyl groups is 1. The molecule has 0 aliphatic rings. The Kier molecular flexibility index (Phi) is 6.31. The van der Waals surface area contributed by atoms with Gasteiger partial charge in [-0.2, -0.15) is 8.42 Å². The number of benzene rings is 3. The zero-order valence-electron chi connectivity index (χ0n) is 16.2. The summed E-state index contributed by atoms with van der Waals surface area (Å²) in [6, 6.07) is 16.5. The Labute approximate surface area is 170 Å². The van der Waals surface area contributed by atoms with E-state index in [0.717, 1.165) is 22.6 Å². The monoisotopic (exact) mass is 419 g/mol. The minimum atomic E-state index is -3.58. The molecule has 0 aliphatic carbocycles. The molecule has 1 atom stereocenters. The van der Waals surface area contributed by atoms with Crippen molar-refractivity contribution < 1.29 is 17.7 Å². The second kappa shape index (κ2) is 8.39. The van der Waals surface area contributed by atoms with Crippen molar-refractivity contribution in [3.63, 3.8) is 0 Å². The summed E-state index contributed by atoms with van der Waals surface area (Å²) < 4.78 is 27.6. The molecule has 0 fully saturated rings. The molecule has 0 bridgehead atoms. The van der Waals surface area contributed by atoms with Crippen LogP contribution in [-0.2, 0) is 20.8 Å². The first-order valence-electron chi connectivity index (χ1n) is 8.94. The molecule has 0 radical (unpaired) electrons. The molecule has 5 nitrogen and oxygen atoms in total. The second-order valence-electron chi connectivity index (χ2n) is 7.14. The summed E-state index contributed by atoms with van der Waals surface area (Å²) in [5.74, 6) is 0. The summed E-state index contributed by atoms with van der Waals surface area (Å²) in [6.07, 6.45) is 3.09. The summed E-state index contributed by atoms with van der Waals surface area (Å²) >= 11 is 1.73. The second-order valence-corrected chi connectivity index (χ2v) is 9.60. The minimum Gasteiger partial charge on any atom is -0.394 e. The Balaban J connectivity index is 2.04. The van der Waals surface area contributed by atoms with Crippen LogP contribution in [0.25, 0.3) is 21.5 Å². The molecule has 0 aromatic heterocycles. The van der Waals surface area contributed by atoms with Gasteiger partial charge in [-0.15, -0.1) is 11.8 Å². The van der Waals surface area contributed by atoms with Gasteiger partial charge in [0.1, 0.15) is 0 Å². The van der Waals surface area contributed by atoms with Crippen LogP contribution in [0.3, 0.4) is 0 Å². The third kappa shape index (κ3) is 4.50. The van der Waals surface area contributed by atoms with E-state index in [-0.39, 0.29) is 13.2 Å². The molecule has 0 heterocycles. The highest BCUT2D eigenvalue weighted by Crippen LogP contribution is 2.37. The van der Waals surface area contributed by atoms with E-state index in [2.05, 4.69) is 35.8 Å². The topological polar surface area (TPSA) is 75.6 Å². The minimum absolute atomic E-state index is 0.138. The molecule has 7 heteroatoms. The number of rotatable bonds is 8.